The summed E-state index contributed by atoms with van der Waals surface area (Å²) >= 11 is 12.3. The van der Waals surface area contributed by atoms with E-state index in [0.717, 1.165) is 13.0 Å². The van der Waals surface area contributed by atoms with E-state index in [-0.39, 0.29) is 0 Å². The van der Waals surface area contributed by atoms with Crippen molar-refractivity contribution in [3.05, 3.63) is 28.2 Å². The molecule has 0 amide bonds. The van der Waals surface area contributed by atoms with E-state index >= 15 is 0 Å². The van der Waals surface area contributed by atoms with Gasteiger partial charge in [-0.1, -0.05) is 126 Å². The van der Waals surface area contributed by atoms with E-state index in [9.17, 15) is 0 Å². The van der Waals surface area contributed by atoms with Gasteiger partial charge in [0.1, 0.15) is 5.75 Å². The van der Waals surface area contributed by atoms with E-state index in [1.165, 1.54) is 89.9 Å². The van der Waals surface area contributed by atoms with Gasteiger partial charge in [-0.2, -0.15) is 0 Å². The van der Waals surface area contributed by atoms with Crippen LogP contribution in [-0.4, -0.2) is 15.2 Å². The van der Waals surface area contributed by atoms with Gasteiger partial charge in [-0.15, -0.1) is 0 Å². The molecule has 0 atom stereocenters. The molecule has 0 saturated carbocycles. The Morgan fingerprint density at radius 3 is 1.67 bits per heavy atom. The molecule has 0 fully saturated rings. The minimum Gasteiger partial charge on any atom is -0.519 e. The molecule has 0 unspecified atom stereocenters. The summed E-state index contributed by atoms with van der Waals surface area (Å²) in [6.45, 7) is 7.15. The van der Waals surface area contributed by atoms with Crippen molar-refractivity contribution in [3.8, 4) is 5.75 Å². The zero-order valence-corrected chi connectivity index (χ0v) is 22.1. The van der Waals surface area contributed by atoms with E-state index in [1.54, 1.807) is 6.07 Å². The third-order valence-electron chi connectivity index (χ3n) is 5.47. The fourth-order valence-corrected chi connectivity index (χ4v) is 5.44. The van der Waals surface area contributed by atoms with Gasteiger partial charge in [0, 0.05) is 6.61 Å². The molecule has 174 valence electrons. The van der Waals surface area contributed by atoms with E-state index in [1.807, 2.05) is 12.1 Å². The Hall–Kier alpha value is -0.223. The maximum Gasteiger partial charge on any atom is 0.392 e. The Labute approximate surface area is 197 Å². The number of hydrogen-bond acceptors (Lipinski definition) is 2. The van der Waals surface area contributed by atoms with Crippen LogP contribution in [0.2, 0.25) is 23.1 Å². The highest BCUT2D eigenvalue weighted by Crippen LogP contribution is 2.33. The molecule has 2 nitrogen and oxygen atoms in total. The summed E-state index contributed by atoms with van der Waals surface area (Å²) in [5.74, 6) is 0.623. The van der Waals surface area contributed by atoms with Gasteiger partial charge in [0.15, 0.2) is 0 Å². The third-order valence-corrected chi connectivity index (χ3v) is 7.88. The van der Waals surface area contributed by atoms with Gasteiger partial charge < -0.3 is 8.85 Å². The molecule has 0 radical (unpaired) electrons. The van der Waals surface area contributed by atoms with E-state index in [0.29, 0.717) is 15.8 Å². The molecular formula is C25H44Cl2O2Si. The Bertz CT molecular complexity index is 552. The molecule has 0 N–H and O–H groups in total. The zero-order chi connectivity index (χ0) is 22.1. The van der Waals surface area contributed by atoms with Crippen molar-refractivity contribution < 1.29 is 8.85 Å². The zero-order valence-electron chi connectivity index (χ0n) is 19.6. The Kier molecular flexibility index (Phi) is 16.1. The first kappa shape index (κ1) is 27.8. The van der Waals surface area contributed by atoms with Crippen LogP contribution in [0.5, 0.6) is 5.75 Å². The van der Waals surface area contributed by atoms with Gasteiger partial charge in [-0.05, 0) is 31.6 Å². The molecule has 0 spiro atoms. The van der Waals surface area contributed by atoms with Crippen molar-refractivity contribution in [2.24, 2.45) is 0 Å². The number of unbranched alkanes of at least 4 members (excludes halogenated alkanes) is 14. The summed E-state index contributed by atoms with van der Waals surface area (Å²) in [6.07, 6.45) is 20.6. The third kappa shape index (κ3) is 14.0. The van der Waals surface area contributed by atoms with Crippen LogP contribution in [0.25, 0.3) is 0 Å². The monoisotopic (exact) mass is 474 g/mol. The van der Waals surface area contributed by atoms with E-state index < -0.39 is 8.56 Å². The second-order valence-electron chi connectivity index (χ2n) is 8.85. The van der Waals surface area contributed by atoms with Crippen molar-refractivity contribution in [3.63, 3.8) is 0 Å². The summed E-state index contributed by atoms with van der Waals surface area (Å²) in [5, 5.41) is 0.983. The topological polar surface area (TPSA) is 18.5 Å². The van der Waals surface area contributed by atoms with Gasteiger partial charge in [0.05, 0.1) is 10.0 Å². The van der Waals surface area contributed by atoms with Gasteiger partial charge in [0.25, 0.3) is 0 Å². The predicted octanol–water partition coefficient (Wildman–Crippen LogP) is 9.96. The molecule has 0 aliphatic rings. The predicted molar refractivity (Wildman–Crippen MR) is 135 cm³/mol. The van der Waals surface area contributed by atoms with Gasteiger partial charge in [0.2, 0.25) is 0 Å². The Morgan fingerprint density at radius 2 is 1.17 bits per heavy atom. The highest BCUT2D eigenvalue weighted by atomic mass is 35.5. The van der Waals surface area contributed by atoms with Gasteiger partial charge in [-0.3, -0.25) is 0 Å². The highest BCUT2D eigenvalue weighted by Gasteiger charge is 2.27. The van der Waals surface area contributed by atoms with Gasteiger partial charge >= 0.3 is 8.56 Å². The van der Waals surface area contributed by atoms with Crippen LogP contribution in [-0.2, 0) is 4.43 Å². The average molecular weight is 476 g/mol. The fourth-order valence-electron chi connectivity index (χ4n) is 3.65. The molecular weight excluding hydrogens is 431 g/mol. The maximum atomic E-state index is 6.21. The number of benzene rings is 1. The molecule has 0 aliphatic heterocycles. The second kappa shape index (κ2) is 17.3. The number of hydrogen-bond donors (Lipinski definition) is 0. The molecule has 0 bridgehead atoms. The van der Waals surface area contributed by atoms with E-state index in [2.05, 4.69) is 20.0 Å². The van der Waals surface area contributed by atoms with Crippen molar-refractivity contribution >= 4 is 31.8 Å². The maximum absolute atomic E-state index is 6.21. The lowest BCUT2D eigenvalue weighted by Gasteiger charge is -2.24. The average Bonchev–Trinajstić information content (AvgIpc) is 2.71. The fraction of sp³-hybridized carbons (Fsp3) is 0.760. The normalized spacial score (nSPS) is 11.8. The van der Waals surface area contributed by atoms with Crippen LogP contribution in [0.1, 0.15) is 103 Å². The largest absolute Gasteiger partial charge is 0.519 e. The van der Waals surface area contributed by atoms with Crippen LogP contribution in [0.3, 0.4) is 0 Å². The first-order valence-electron chi connectivity index (χ1n) is 12.2. The second-order valence-corrected chi connectivity index (χ2v) is 12.9. The lowest BCUT2D eigenvalue weighted by Crippen LogP contribution is -2.38. The summed E-state index contributed by atoms with van der Waals surface area (Å²) in [7, 11) is -2.25. The van der Waals surface area contributed by atoms with Crippen LogP contribution in [0.15, 0.2) is 18.2 Å². The molecule has 1 aromatic carbocycles. The molecule has 0 aromatic heterocycles. The van der Waals surface area contributed by atoms with Gasteiger partial charge in [-0.25, -0.2) is 0 Å². The first-order valence-corrected chi connectivity index (χ1v) is 15.8. The molecule has 0 saturated heterocycles. The van der Waals surface area contributed by atoms with E-state index in [4.69, 9.17) is 32.1 Å². The highest BCUT2D eigenvalue weighted by molar-refractivity contribution is 6.65. The molecule has 5 heteroatoms. The minimum atomic E-state index is -2.25. The molecule has 1 rings (SSSR count). The van der Waals surface area contributed by atoms with Crippen molar-refractivity contribution in [2.45, 2.75) is 116 Å². The molecule has 0 heterocycles. The lowest BCUT2D eigenvalue weighted by atomic mass is 10.0. The lowest BCUT2D eigenvalue weighted by molar-refractivity contribution is 0.241. The standard InChI is InChI=1S/C25H44Cl2O2Si/c1-4-5-6-7-8-9-10-11-12-13-14-15-16-17-18-22-28-30(2,3)29-24-21-19-20-23(26)25(24)27/h19-21H,4-18,22H2,1-3H3. The Balaban J connectivity index is 1.92. The molecule has 0 aliphatic carbocycles. The summed E-state index contributed by atoms with van der Waals surface area (Å²) in [6, 6.07) is 5.46. The van der Waals surface area contributed by atoms with Crippen LogP contribution in [0.4, 0.5) is 0 Å². The minimum absolute atomic E-state index is 0.468. The van der Waals surface area contributed by atoms with Crippen molar-refractivity contribution in [1.29, 1.82) is 0 Å². The summed E-state index contributed by atoms with van der Waals surface area (Å²) in [5.41, 5.74) is 0. The first-order chi connectivity index (χ1) is 14.5. The van der Waals surface area contributed by atoms with Crippen molar-refractivity contribution in [2.75, 3.05) is 6.61 Å². The smallest absolute Gasteiger partial charge is 0.392 e. The summed E-state index contributed by atoms with van der Waals surface area (Å²) in [4.78, 5) is 0. The summed E-state index contributed by atoms with van der Waals surface area (Å²) < 4.78 is 12.1. The Morgan fingerprint density at radius 1 is 0.700 bits per heavy atom. The van der Waals surface area contributed by atoms with Crippen molar-refractivity contribution in [1.82, 2.24) is 0 Å². The molecule has 30 heavy (non-hydrogen) atoms. The number of rotatable bonds is 19. The SMILES string of the molecule is CCCCCCCCCCCCCCCCCO[Si](C)(C)Oc1cccc(Cl)c1Cl. The van der Waals surface area contributed by atoms with Crippen LogP contribution < -0.4 is 4.43 Å². The number of halogens is 2. The van der Waals surface area contributed by atoms with Crippen LogP contribution >= 0.6 is 23.2 Å². The quantitative estimate of drug-likeness (QED) is 0.146. The molecule has 1 aromatic rings. The van der Waals surface area contributed by atoms with Crippen LogP contribution in [0, 0.1) is 0 Å².